The number of carbonyl (C=O) groups excluding carboxylic acids is 12. The molecule has 0 saturated carbocycles. The number of hydrogen-bond donors (Lipinski definition) is 2. The lowest BCUT2D eigenvalue weighted by atomic mass is 9.70. The fraction of sp³-hybridized carbons (Fsp3) is 0.814. The van der Waals surface area contributed by atoms with Crippen molar-refractivity contribution in [2.45, 2.75) is 249 Å². The lowest BCUT2D eigenvalue weighted by molar-refractivity contribution is -0.322. The number of rotatable bonds is 20. The highest BCUT2D eigenvalue weighted by atomic mass is 32.2. The zero-order chi connectivity index (χ0) is 73.1. The van der Waals surface area contributed by atoms with Crippen LogP contribution in [0.15, 0.2) is 5.16 Å². The summed E-state index contributed by atoms with van der Waals surface area (Å²) in [4.78, 5) is 187. The van der Waals surface area contributed by atoms with Gasteiger partial charge in [-0.2, -0.15) is 0 Å². The maximum Gasteiger partial charge on any atom is 0.409 e. The van der Waals surface area contributed by atoms with E-state index in [1.165, 1.54) is 73.6 Å². The Hall–Kier alpha value is -6.18. The van der Waals surface area contributed by atoms with Crippen molar-refractivity contribution >= 4 is 82.2 Å². The van der Waals surface area contributed by atoms with Crippen LogP contribution in [0.1, 0.15) is 201 Å². The number of tetrazole rings is 1. The van der Waals surface area contributed by atoms with Gasteiger partial charge in [0.05, 0.1) is 25.2 Å². The fourth-order valence-electron chi connectivity index (χ4n) is 13.4. The minimum absolute atomic E-state index is 0.0470. The summed E-state index contributed by atoms with van der Waals surface area (Å²) in [5.74, 6) is -11.6. The molecule has 0 radical (unpaired) electrons. The molecule has 3 rings (SSSR count). The molecule has 0 bridgehead atoms. The number of nitrogens with one attached hydrogen (secondary N) is 2. The largest absolute Gasteiger partial charge is 0.453 e. The van der Waals surface area contributed by atoms with Crippen molar-refractivity contribution in [2.24, 2.45) is 77.6 Å². The zero-order valence-electron chi connectivity index (χ0n) is 62.1. The standard InChI is InChI=1S/C70H119N11O14S/c1-24-51-56(84)33-45(13)54(82)37-50(70(16,17)38-76(18)69(93)94-23)55(83)36-49(42(8)9)66(91)78(20)52(31-40(4)5)57(85)34-46(14)62(87)71-47(15)64(89)77(19)53(32-41(6)7)58(86)35-48(30-39(2)3)65(90)79(21)59(43(10)11)67(92)81-60(63(88)72-51)61(95-81)44(12)28-26-25-27-29-96-68-73-74-75-80(68)22/h39-53,59-61H,24-38H2,1-23H3,(H,71,87)(H,72,88)/t44-,45+,46-,47-,48-,49+,50-,51+,52+,53+,59+,60+,61?/m1/s1. The predicted molar refractivity (Wildman–Crippen MR) is 366 cm³/mol. The molecule has 1 unspecified atom stereocenters. The Balaban J connectivity index is 2.25. The van der Waals surface area contributed by atoms with Crippen molar-refractivity contribution in [3.05, 3.63) is 0 Å². The molecule has 25 nitrogen and oxygen atoms in total. The van der Waals surface area contributed by atoms with Gasteiger partial charge < -0.3 is 35.0 Å². The molecule has 3 heterocycles. The van der Waals surface area contributed by atoms with Crippen LogP contribution in [0.4, 0.5) is 4.79 Å². The van der Waals surface area contributed by atoms with E-state index in [0.717, 1.165) is 30.1 Å². The van der Waals surface area contributed by atoms with Crippen molar-refractivity contribution in [1.29, 1.82) is 0 Å². The summed E-state index contributed by atoms with van der Waals surface area (Å²) < 4.78 is 6.59. The minimum Gasteiger partial charge on any atom is -0.453 e. The molecule has 2 aliphatic rings. The molecule has 1 aromatic heterocycles. The van der Waals surface area contributed by atoms with Gasteiger partial charge in [-0.3, -0.25) is 57.6 Å². The van der Waals surface area contributed by atoms with Gasteiger partial charge in [0.2, 0.25) is 34.7 Å². The van der Waals surface area contributed by atoms with E-state index < -0.39 is 160 Å². The predicted octanol–water partition coefficient (Wildman–Crippen LogP) is 8.00. The number of nitrogens with zero attached hydrogens (tertiary/aromatic N) is 9. The number of methoxy groups -OCH3 is 1. The molecular formula is C70H119N11O14S. The number of ketones is 5. The molecule has 544 valence electrons. The lowest BCUT2D eigenvalue weighted by Crippen LogP contribution is -2.71. The quantitative estimate of drug-likeness (QED) is 0.0922. The Kier molecular flexibility index (Phi) is 33.5. The zero-order valence-corrected chi connectivity index (χ0v) is 63.0. The SMILES string of the molecule is CC[C@@H]1NC(=O)[C@@H]2C([C@H](C)CCCCCSc3nnnn3C)ON2C(=O)[C@H](C(C)C)N(C)C(=O)[C@H](CC(C)C)CC(=O)[C@H](CC(C)C)N(C)C(=O)[C@@H](C)NC(=O)[C@H](C)CC(=O)[C@H](CC(C)C)N(C)C(=O)[C@H](C(C)C)CC(=O)[C@H](C(C)(C)CN(C)C(=O)OC)CC(=O)[C@@H](C)CC1=O. The number of thioether (sulfide) groups is 1. The highest BCUT2D eigenvalue weighted by molar-refractivity contribution is 7.99. The number of unbranched alkanes of at least 4 members (excludes halogenated alkanes) is 2. The molecular weight excluding hydrogens is 1250 g/mol. The van der Waals surface area contributed by atoms with E-state index in [-0.39, 0.29) is 88.0 Å². The Morgan fingerprint density at radius 1 is 0.646 bits per heavy atom. The van der Waals surface area contributed by atoms with Crippen LogP contribution in [-0.2, 0) is 69.4 Å². The van der Waals surface area contributed by atoms with Gasteiger partial charge in [-0.15, -0.1) is 5.10 Å². The molecule has 0 aliphatic carbocycles. The summed E-state index contributed by atoms with van der Waals surface area (Å²) >= 11 is 1.54. The highest BCUT2D eigenvalue weighted by Gasteiger charge is 2.54. The van der Waals surface area contributed by atoms with Crippen molar-refractivity contribution in [2.75, 3.05) is 47.6 Å². The third-order valence-corrected chi connectivity index (χ3v) is 20.3. The number of hydrogen-bond acceptors (Lipinski definition) is 18. The summed E-state index contributed by atoms with van der Waals surface area (Å²) in [7, 11) is 8.96. The van der Waals surface area contributed by atoms with Crippen molar-refractivity contribution in [3.8, 4) is 0 Å². The Labute approximate surface area is 576 Å². The maximum atomic E-state index is 15.2. The molecule has 2 aliphatic heterocycles. The van der Waals surface area contributed by atoms with E-state index in [1.807, 2.05) is 48.5 Å². The van der Waals surface area contributed by atoms with Crippen molar-refractivity contribution in [3.63, 3.8) is 0 Å². The fourth-order valence-corrected chi connectivity index (χ4v) is 14.2. The highest BCUT2D eigenvalue weighted by Crippen LogP contribution is 2.38. The number of Topliss-reactive ketones (excluding diaryl/α,β-unsaturated/α-hetero) is 5. The molecule has 0 aromatic carbocycles. The van der Waals surface area contributed by atoms with E-state index >= 15 is 19.2 Å². The molecule has 1 aromatic rings. The van der Waals surface area contributed by atoms with Crippen LogP contribution in [-0.4, -0.2) is 205 Å². The number of likely N-dealkylation sites (N-methyl/N-ethyl adjacent to an activating group) is 3. The Morgan fingerprint density at radius 2 is 1.21 bits per heavy atom. The number of hydroxylamine groups is 2. The first-order valence-corrected chi connectivity index (χ1v) is 35.8. The molecule has 7 amide bonds. The van der Waals surface area contributed by atoms with Gasteiger partial charge in [-0.05, 0) is 96.8 Å². The van der Waals surface area contributed by atoms with Crippen LogP contribution >= 0.6 is 11.8 Å². The first kappa shape index (κ1) is 84.0. The average Bonchev–Trinajstić information content (AvgIpc) is 0.893. The molecule has 2 saturated heterocycles. The van der Waals surface area contributed by atoms with Crippen LogP contribution in [0, 0.1) is 70.5 Å². The monoisotopic (exact) mass is 1370 g/mol. The summed E-state index contributed by atoms with van der Waals surface area (Å²) in [6.07, 6.45) is 0.632. The second-order valence-electron chi connectivity index (χ2n) is 30.2. The minimum atomic E-state index is -1.26. The molecule has 2 fully saturated rings. The van der Waals surface area contributed by atoms with Gasteiger partial charge in [0, 0.05) is 109 Å². The smallest absolute Gasteiger partial charge is 0.409 e. The molecule has 0 spiro atoms. The third-order valence-electron chi connectivity index (χ3n) is 19.2. The summed E-state index contributed by atoms with van der Waals surface area (Å²) in [5.41, 5.74) is -1.12. The first-order chi connectivity index (χ1) is 44.6. The number of carbonyl (C=O) groups is 12. The van der Waals surface area contributed by atoms with Gasteiger partial charge in [-0.1, -0.05) is 135 Å². The average molecular weight is 1370 g/mol. The number of ether oxygens (including phenoxy) is 1. The van der Waals surface area contributed by atoms with Gasteiger partial charge in [-0.25, -0.2) is 14.5 Å². The first-order valence-electron chi connectivity index (χ1n) is 34.8. The van der Waals surface area contributed by atoms with Crippen LogP contribution < -0.4 is 10.6 Å². The van der Waals surface area contributed by atoms with E-state index in [9.17, 15) is 38.4 Å². The van der Waals surface area contributed by atoms with Crippen LogP contribution in [0.3, 0.4) is 0 Å². The van der Waals surface area contributed by atoms with Crippen LogP contribution in [0.5, 0.6) is 0 Å². The van der Waals surface area contributed by atoms with Gasteiger partial charge in [0.25, 0.3) is 5.91 Å². The second kappa shape index (κ2) is 38.3. The van der Waals surface area contributed by atoms with Crippen molar-refractivity contribution < 1.29 is 67.1 Å². The second-order valence-corrected chi connectivity index (χ2v) is 31.2. The van der Waals surface area contributed by atoms with E-state index in [4.69, 9.17) is 9.57 Å². The third kappa shape index (κ3) is 23.5. The molecule has 2 N–H and O–H groups in total. The van der Waals surface area contributed by atoms with E-state index in [2.05, 4.69) is 26.2 Å². The topological polar surface area (TPSA) is 307 Å². The number of aryl methyl sites for hydroxylation is 1. The van der Waals surface area contributed by atoms with E-state index in [1.54, 1.807) is 74.0 Å². The maximum absolute atomic E-state index is 15.2. The number of fused-ring (bicyclic) bond motifs is 1. The summed E-state index contributed by atoms with van der Waals surface area (Å²) in [6, 6.07) is -6.82. The lowest BCUT2D eigenvalue weighted by Gasteiger charge is -2.50. The van der Waals surface area contributed by atoms with Crippen molar-refractivity contribution in [1.82, 2.24) is 55.5 Å². The molecule has 96 heavy (non-hydrogen) atoms. The van der Waals surface area contributed by atoms with Crippen LogP contribution in [0.25, 0.3) is 0 Å². The van der Waals surface area contributed by atoms with E-state index in [0.29, 0.717) is 11.6 Å². The Morgan fingerprint density at radius 3 is 1.73 bits per heavy atom. The normalized spacial score (nSPS) is 26.9. The molecule has 13 atom stereocenters. The number of aromatic nitrogens is 4. The summed E-state index contributed by atoms with van der Waals surface area (Å²) in [5, 5.41) is 19.0. The number of amides is 7. The van der Waals surface area contributed by atoms with Gasteiger partial charge in [0.1, 0.15) is 29.8 Å². The van der Waals surface area contributed by atoms with Crippen LogP contribution in [0.2, 0.25) is 0 Å². The Bertz CT molecular complexity index is 2840. The summed E-state index contributed by atoms with van der Waals surface area (Å²) in [6.45, 7) is 30.2. The van der Waals surface area contributed by atoms with Gasteiger partial charge >= 0.3 is 6.09 Å². The van der Waals surface area contributed by atoms with Gasteiger partial charge in [0.15, 0.2) is 23.4 Å². The molecule has 26 heteroatoms.